The van der Waals surface area contributed by atoms with E-state index in [9.17, 15) is 0 Å². The molecule has 0 aromatic carbocycles. The lowest BCUT2D eigenvalue weighted by molar-refractivity contribution is 1.33. The van der Waals surface area contributed by atoms with Crippen LogP contribution in [0, 0.1) is 11.8 Å². The number of aromatic amines is 1. The minimum atomic E-state index is 0.807. The van der Waals surface area contributed by atoms with Crippen LogP contribution in [-0.2, 0) is 0 Å². The second-order valence-electron chi connectivity index (χ2n) is 2.46. The van der Waals surface area contributed by atoms with E-state index in [2.05, 4.69) is 30.0 Å². The lowest BCUT2D eigenvalue weighted by Crippen LogP contribution is -2.19. The molecule has 0 amide bonds. The highest BCUT2D eigenvalue weighted by atomic mass is 14.6. The van der Waals surface area contributed by atoms with Crippen LogP contribution in [0.1, 0.15) is 6.92 Å². The Bertz CT molecular complexity index is 437. The van der Waals surface area contributed by atoms with E-state index in [0.717, 1.165) is 16.1 Å². The van der Waals surface area contributed by atoms with E-state index in [0.29, 0.717) is 0 Å². The molecule has 0 aliphatic rings. The first kappa shape index (κ1) is 8.42. The van der Waals surface area contributed by atoms with Gasteiger partial charge in [0.15, 0.2) is 0 Å². The van der Waals surface area contributed by atoms with Gasteiger partial charge in [-0.2, -0.15) is 0 Å². The number of nitrogens with one attached hydrogen (secondary N) is 1. The normalized spacial score (nSPS) is 10.6. The SMILES string of the molecule is C=C(C#CC)/C=c1/cc[nH]c1=C. The Morgan fingerprint density at radius 2 is 2.42 bits per heavy atom. The highest BCUT2D eigenvalue weighted by molar-refractivity contribution is 5.55. The van der Waals surface area contributed by atoms with Gasteiger partial charge in [-0.25, -0.2) is 0 Å². The molecular weight excluding hydrogens is 146 g/mol. The number of aromatic nitrogens is 1. The lowest BCUT2D eigenvalue weighted by atomic mass is 10.2. The van der Waals surface area contributed by atoms with E-state index >= 15 is 0 Å². The zero-order valence-corrected chi connectivity index (χ0v) is 7.15. The van der Waals surface area contributed by atoms with Crippen LogP contribution < -0.4 is 10.6 Å². The molecule has 0 saturated carbocycles. The topological polar surface area (TPSA) is 15.8 Å². The van der Waals surface area contributed by atoms with E-state index < -0.39 is 0 Å². The minimum Gasteiger partial charge on any atom is -0.362 e. The van der Waals surface area contributed by atoms with Crippen LogP contribution in [0.25, 0.3) is 12.7 Å². The first-order valence-electron chi connectivity index (χ1n) is 3.70. The van der Waals surface area contributed by atoms with Crippen molar-refractivity contribution in [1.82, 2.24) is 4.98 Å². The summed E-state index contributed by atoms with van der Waals surface area (Å²) in [7, 11) is 0. The molecule has 1 nitrogen and oxygen atoms in total. The van der Waals surface area contributed by atoms with Gasteiger partial charge in [0.2, 0.25) is 0 Å². The summed E-state index contributed by atoms with van der Waals surface area (Å²) < 4.78 is 0. The third kappa shape index (κ3) is 1.90. The second kappa shape index (κ2) is 3.64. The van der Waals surface area contributed by atoms with Gasteiger partial charge in [0.1, 0.15) is 0 Å². The Labute approximate surface area is 72.1 Å². The molecule has 0 saturated heterocycles. The monoisotopic (exact) mass is 157 g/mol. The fourth-order valence-corrected chi connectivity index (χ4v) is 0.936. The second-order valence-corrected chi connectivity index (χ2v) is 2.46. The predicted octanol–water partition coefficient (Wildman–Crippen LogP) is 0.785. The molecule has 0 aliphatic carbocycles. The van der Waals surface area contributed by atoms with Crippen molar-refractivity contribution in [3.63, 3.8) is 0 Å². The van der Waals surface area contributed by atoms with Crippen molar-refractivity contribution in [2.75, 3.05) is 0 Å². The molecule has 1 aromatic heterocycles. The van der Waals surface area contributed by atoms with Crippen molar-refractivity contribution in [2.24, 2.45) is 0 Å². The minimum absolute atomic E-state index is 0.807. The number of hydrogen-bond acceptors (Lipinski definition) is 0. The van der Waals surface area contributed by atoms with E-state index in [1.807, 2.05) is 18.3 Å². The number of allylic oxidation sites excluding steroid dienone is 1. The molecule has 60 valence electrons. The number of H-pyrrole nitrogens is 1. The predicted molar refractivity (Wildman–Crippen MR) is 52.6 cm³/mol. The Balaban J connectivity index is 3.12. The Kier molecular flexibility index (Phi) is 2.55. The summed E-state index contributed by atoms with van der Waals surface area (Å²) >= 11 is 0. The quantitative estimate of drug-likeness (QED) is 0.580. The highest BCUT2D eigenvalue weighted by Gasteiger charge is 1.83. The summed E-state index contributed by atoms with van der Waals surface area (Å²) in [6.07, 6.45) is 3.76. The molecule has 1 heteroatoms. The summed E-state index contributed by atoms with van der Waals surface area (Å²) in [5.41, 5.74) is 0.807. The summed E-state index contributed by atoms with van der Waals surface area (Å²) in [5, 5.41) is 1.94. The van der Waals surface area contributed by atoms with Gasteiger partial charge in [0.05, 0.1) is 0 Å². The Morgan fingerprint density at radius 3 is 2.92 bits per heavy atom. The van der Waals surface area contributed by atoms with Gasteiger partial charge < -0.3 is 4.98 Å². The molecule has 1 heterocycles. The summed E-state index contributed by atoms with van der Waals surface area (Å²) in [6.45, 7) is 9.40. The van der Waals surface area contributed by atoms with Gasteiger partial charge in [0, 0.05) is 17.1 Å². The van der Waals surface area contributed by atoms with Crippen molar-refractivity contribution in [2.45, 2.75) is 6.92 Å². The third-order valence-electron chi connectivity index (χ3n) is 1.48. The van der Waals surface area contributed by atoms with Gasteiger partial charge >= 0.3 is 0 Å². The lowest BCUT2D eigenvalue weighted by Gasteiger charge is -1.81. The average Bonchev–Trinajstić information content (AvgIpc) is 2.37. The van der Waals surface area contributed by atoms with E-state index in [1.165, 1.54) is 0 Å². The fraction of sp³-hybridized carbons (Fsp3) is 0.0909. The molecule has 1 aromatic rings. The van der Waals surface area contributed by atoms with Crippen molar-refractivity contribution in [3.05, 3.63) is 35.0 Å². The fourth-order valence-electron chi connectivity index (χ4n) is 0.936. The Hall–Kier alpha value is -1.68. The summed E-state index contributed by atoms with van der Waals surface area (Å²) in [6, 6.07) is 1.95. The van der Waals surface area contributed by atoms with Crippen molar-refractivity contribution < 1.29 is 0 Å². The van der Waals surface area contributed by atoms with Crippen LogP contribution in [0.2, 0.25) is 0 Å². The number of rotatable bonds is 1. The maximum absolute atomic E-state index is 3.82. The zero-order valence-electron chi connectivity index (χ0n) is 7.15. The number of hydrogen-bond donors (Lipinski definition) is 1. The average molecular weight is 157 g/mol. The van der Waals surface area contributed by atoms with E-state index in [1.54, 1.807) is 6.92 Å². The highest BCUT2D eigenvalue weighted by Crippen LogP contribution is 1.86. The molecule has 0 spiro atoms. The summed E-state index contributed by atoms with van der Waals surface area (Å²) in [4.78, 5) is 2.98. The molecule has 0 radical (unpaired) electrons. The van der Waals surface area contributed by atoms with Gasteiger partial charge in [-0.3, -0.25) is 0 Å². The van der Waals surface area contributed by atoms with Crippen LogP contribution in [0.3, 0.4) is 0 Å². The van der Waals surface area contributed by atoms with Crippen LogP contribution in [-0.4, -0.2) is 4.98 Å². The van der Waals surface area contributed by atoms with Gasteiger partial charge in [-0.15, -0.1) is 5.92 Å². The van der Waals surface area contributed by atoms with Crippen molar-refractivity contribution in [1.29, 1.82) is 0 Å². The van der Waals surface area contributed by atoms with Gasteiger partial charge in [-0.05, 0) is 24.3 Å². The van der Waals surface area contributed by atoms with Crippen LogP contribution in [0.4, 0.5) is 0 Å². The molecule has 0 aliphatic heterocycles. The molecular formula is C11H11N. The van der Waals surface area contributed by atoms with Gasteiger partial charge in [-0.1, -0.05) is 19.1 Å². The van der Waals surface area contributed by atoms with Crippen LogP contribution >= 0.6 is 0 Å². The van der Waals surface area contributed by atoms with Crippen molar-refractivity contribution >= 4 is 12.7 Å². The largest absolute Gasteiger partial charge is 0.362 e. The third-order valence-corrected chi connectivity index (χ3v) is 1.48. The smallest absolute Gasteiger partial charge is 0.0381 e. The molecule has 0 atom stereocenters. The molecule has 12 heavy (non-hydrogen) atoms. The maximum atomic E-state index is 3.82. The Morgan fingerprint density at radius 1 is 1.67 bits per heavy atom. The molecule has 0 unspecified atom stereocenters. The summed E-state index contributed by atoms with van der Waals surface area (Å²) in [5.74, 6) is 5.66. The van der Waals surface area contributed by atoms with Crippen LogP contribution in [0.15, 0.2) is 24.4 Å². The first-order chi connectivity index (χ1) is 5.74. The zero-order chi connectivity index (χ0) is 8.97. The standard InChI is InChI=1S/C11H11N/c1-4-5-9(2)8-11-6-7-12-10(11)3/h6-8,12H,2-3H2,1H3/b11-8-. The van der Waals surface area contributed by atoms with E-state index in [4.69, 9.17) is 0 Å². The van der Waals surface area contributed by atoms with Crippen LogP contribution in [0.5, 0.6) is 0 Å². The molecule has 1 N–H and O–H groups in total. The first-order valence-corrected chi connectivity index (χ1v) is 3.70. The van der Waals surface area contributed by atoms with Gasteiger partial charge in [0.25, 0.3) is 0 Å². The molecule has 0 fully saturated rings. The van der Waals surface area contributed by atoms with Crippen molar-refractivity contribution in [3.8, 4) is 11.8 Å². The molecule has 1 rings (SSSR count). The van der Waals surface area contributed by atoms with E-state index in [-0.39, 0.29) is 0 Å². The maximum Gasteiger partial charge on any atom is 0.0381 e. The molecule has 0 bridgehead atoms.